The van der Waals surface area contributed by atoms with E-state index in [1.165, 1.54) is 0 Å². The lowest BCUT2D eigenvalue weighted by Gasteiger charge is -2.05. The van der Waals surface area contributed by atoms with Crippen LogP contribution in [0, 0.1) is 0 Å². The maximum Gasteiger partial charge on any atom is 0.176 e. The molecule has 0 aromatic heterocycles. The summed E-state index contributed by atoms with van der Waals surface area (Å²) in [5, 5.41) is 0. The van der Waals surface area contributed by atoms with E-state index in [4.69, 9.17) is 0 Å². The monoisotopic (exact) mass is 304 g/mol. The fraction of sp³-hybridized carbons (Fsp3) is 0.300. The van der Waals surface area contributed by atoms with E-state index in [1.807, 2.05) is 31.2 Å². The van der Waals surface area contributed by atoms with Crippen molar-refractivity contribution in [2.24, 2.45) is 0 Å². The van der Waals surface area contributed by atoms with Crippen molar-refractivity contribution in [2.75, 3.05) is 0 Å². The fourth-order valence-corrected chi connectivity index (χ4v) is 1.51. The van der Waals surface area contributed by atoms with Crippen molar-refractivity contribution < 1.29 is 4.79 Å². The predicted octanol–water partition coefficient (Wildman–Crippen LogP) is 3.81. The van der Waals surface area contributed by atoms with Crippen molar-refractivity contribution in [1.82, 2.24) is 0 Å². The Hall–Kier alpha value is -0.150. The molecule has 1 rings (SSSR count). The standard InChI is InChI=1S/C10H10Br2O/c1-2-9(12)10(13)7-3-5-8(11)6-4-7/h3-6,9H,2H2,1H3/t9-/m1/s1. The highest BCUT2D eigenvalue weighted by molar-refractivity contribution is 9.10. The molecule has 1 nitrogen and oxygen atoms in total. The molecule has 3 heteroatoms. The first-order valence-corrected chi connectivity index (χ1v) is 5.80. The number of Topliss-reactive ketones (excluding diaryl/α,β-unsaturated/α-hetero) is 1. The minimum absolute atomic E-state index is 0.0614. The Kier molecular flexibility index (Phi) is 4.13. The third-order valence-electron chi connectivity index (χ3n) is 1.77. The number of benzene rings is 1. The highest BCUT2D eigenvalue weighted by Crippen LogP contribution is 2.16. The highest BCUT2D eigenvalue weighted by Gasteiger charge is 2.13. The Morgan fingerprint density at radius 2 is 1.92 bits per heavy atom. The van der Waals surface area contributed by atoms with Crippen LogP contribution in [0.1, 0.15) is 23.7 Å². The topological polar surface area (TPSA) is 17.1 Å². The summed E-state index contributed by atoms with van der Waals surface area (Å²) in [6.07, 6.45) is 0.814. The smallest absolute Gasteiger partial charge is 0.176 e. The van der Waals surface area contributed by atoms with Crippen LogP contribution < -0.4 is 0 Å². The SMILES string of the molecule is CC[C@@H](Br)C(=O)c1ccc(Br)cc1. The van der Waals surface area contributed by atoms with E-state index >= 15 is 0 Å². The van der Waals surface area contributed by atoms with Gasteiger partial charge in [0.05, 0.1) is 4.83 Å². The van der Waals surface area contributed by atoms with Crippen LogP contribution in [0.4, 0.5) is 0 Å². The van der Waals surface area contributed by atoms with E-state index in [9.17, 15) is 4.79 Å². The molecule has 0 aliphatic heterocycles. The third-order valence-corrected chi connectivity index (χ3v) is 3.36. The maximum absolute atomic E-state index is 11.6. The maximum atomic E-state index is 11.6. The van der Waals surface area contributed by atoms with Gasteiger partial charge < -0.3 is 0 Å². The average Bonchev–Trinajstić information content (AvgIpc) is 2.17. The minimum Gasteiger partial charge on any atom is -0.293 e. The molecule has 0 fully saturated rings. The number of rotatable bonds is 3. The molecule has 1 aromatic carbocycles. The van der Waals surface area contributed by atoms with Gasteiger partial charge in [0.2, 0.25) is 0 Å². The van der Waals surface area contributed by atoms with Crippen LogP contribution in [0.15, 0.2) is 28.7 Å². The van der Waals surface area contributed by atoms with Crippen molar-refractivity contribution >= 4 is 37.6 Å². The van der Waals surface area contributed by atoms with Crippen molar-refractivity contribution in [1.29, 1.82) is 0 Å². The van der Waals surface area contributed by atoms with Gasteiger partial charge >= 0.3 is 0 Å². The van der Waals surface area contributed by atoms with Gasteiger partial charge in [0.25, 0.3) is 0 Å². The molecular formula is C10H10Br2O. The van der Waals surface area contributed by atoms with Crippen molar-refractivity contribution in [3.05, 3.63) is 34.3 Å². The van der Waals surface area contributed by atoms with Gasteiger partial charge in [-0.2, -0.15) is 0 Å². The molecule has 0 saturated carbocycles. The molecule has 0 aliphatic carbocycles. The molecule has 0 N–H and O–H groups in total. The van der Waals surface area contributed by atoms with Gasteiger partial charge in [-0.3, -0.25) is 4.79 Å². The largest absolute Gasteiger partial charge is 0.293 e. The molecule has 0 heterocycles. The van der Waals surface area contributed by atoms with E-state index in [-0.39, 0.29) is 10.6 Å². The van der Waals surface area contributed by atoms with Gasteiger partial charge in [0.15, 0.2) is 5.78 Å². The van der Waals surface area contributed by atoms with Gasteiger partial charge in [-0.25, -0.2) is 0 Å². The number of ketones is 1. The molecule has 0 amide bonds. The predicted molar refractivity (Wildman–Crippen MR) is 61.5 cm³/mol. The molecule has 1 atom stereocenters. The van der Waals surface area contributed by atoms with Gasteiger partial charge in [0.1, 0.15) is 0 Å². The van der Waals surface area contributed by atoms with Crippen LogP contribution >= 0.6 is 31.9 Å². The molecule has 0 bridgehead atoms. The van der Waals surface area contributed by atoms with Crippen LogP contribution in [-0.2, 0) is 0 Å². The lowest BCUT2D eigenvalue weighted by Crippen LogP contribution is -2.12. The summed E-state index contributed by atoms with van der Waals surface area (Å²) in [7, 11) is 0. The van der Waals surface area contributed by atoms with E-state index in [1.54, 1.807) is 0 Å². The van der Waals surface area contributed by atoms with Crippen LogP contribution in [0.25, 0.3) is 0 Å². The summed E-state index contributed by atoms with van der Waals surface area (Å²) in [6, 6.07) is 7.41. The first-order chi connectivity index (χ1) is 6.15. The molecular weight excluding hydrogens is 296 g/mol. The Morgan fingerprint density at radius 3 is 2.38 bits per heavy atom. The zero-order valence-corrected chi connectivity index (χ0v) is 10.4. The molecule has 0 radical (unpaired) electrons. The Balaban J connectivity index is 2.83. The summed E-state index contributed by atoms with van der Waals surface area (Å²) < 4.78 is 0.992. The van der Waals surface area contributed by atoms with E-state index in [2.05, 4.69) is 31.9 Å². The summed E-state index contributed by atoms with van der Waals surface area (Å²) >= 11 is 6.66. The van der Waals surface area contributed by atoms with Crippen LogP contribution in [-0.4, -0.2) is 10.6 Å². The second kappa shape index (κ2) is 4.91. The summed E-state index contributed by atoms with van der Waals surface area (Å²) in [5.41, 5.74) is 0.756. The number of alkyl halides is 1. The summed E-state index contributed by atoms with van der Waals surface area (Å²) in [5.74, 6) is 0.148. The Labute approximate surface area is 94.8 Å². The molecule has 1 aromatic rings. The van der Waals surface area contributed by atoms with E-state index < -0.39 is 0 Å². The second-order valence-electron chi connectivity index (χ2n) is 2.75. The number of carbonyl (C=O) groups is 1. The lowest BCUT2D eigenvalue weighted by molar-refractivity contribution is 0.0990. The molecule has 0 saturated heterocycles. The molecule has 70 valence electrons. The van der Waals surface area contributed by atoms with Crippen molar-refractivity contribution in [2.45, 2.75) is 18.2 Å². The van der Waals surface area contributed by atoms with Crippen LogP contribution in [0.2, 0.25) is 0 Å². The van der Waals surface area contributed by atoms with Gasteiger partial charge in [-0.15, -0.1) is 0 Å². The van der Waals surface area contributed by atoms with Gasteiger partial charge in [0, 0.05) is 10.0 Å². The quantitative estimate of drug-likeness (QED) is 0.613. The minimum atomic E-state index is -0.0614. The van der Waals surface area contributed by atoms with Gasteiger partial charge in [-0.1, -0.05) is 50.9 Å². The number of hydrogen-bond acceptors (Lipinski definition) is 1. The number of carbonyl (C=O) groups excluding carboxylic acids is 1. The first kappa shape index (κ1) is 10.9. The normalized spacial score (nSPS) is 12.5. The third kappa shape index (κ3) is 2.92. The average molecular weight is 306 g/mol. The number of hydrogen-bond donors (Lipinski definition) is 0. The van der Waals surface area contributed by atoms with E-state index in [0.29, 0.717) is 0 Å². The molecule has 0 spiro atoms. The Bertz CT molecular complexity index is 292. The van der Waals surface area contributed by atoms with Crippen molar-refractivity contribution in [3.8, 4) is 0 Å². The van der Waals surface area contributed by atoms with Crippen LogP contribution in [0.5, 0.6) is 0 Å². The summed E-state index contributed by atoms with van der Waals surface area (Å²) in [4.78, 5) is 11.6. The van der Waals surface area contributed by atoms with Gasteiger partial charge in [-0.05, 0) is 18.6 Å². The fourth-order valence-electron chi connectivity index (χ4n) is 0.980. The molecule has 13 heavy (non-hydrogen) atoms. The highest BCUT2D eigenvalue weighted by atomic mass is 79.9. The molecule has 0 unspecified atom stereocenters. The van der Waals surface area contributed by atoms with Crippen molar-refractivity contribution in [3.63, 3.8) is 0 Å². The Morgan fingerprint density at radius 1 is 1.38 bits per heavy atom. The zero-order valence-electron chi connectivity index (χ0n) is 7.26. The lowest BCUT2D eigenvalue weighted by atomic mass is 10.1. The number of halogens is 2. The molecule has 0 aliphatic rings. The zero-order chi connectivity index (χ0) is 9.84. The van der Waals surface area contributed by atoms with E-state index in [0.717, 1.165) is 16.5 Å². The summed E-state index contributed by atoms with van der Waals surface area (Å²) in [6.45, 7) is 1.98. The van der Waals surface area contributed by atoms with Crippen LogP contribution in [0.3, 0.4) is 0 Å². The first-order valence-electron chi connectivity index (χ1n) is 4.09. The second-order valence-corrected chi connectivity index (χ2v) is 4.77.